The molecule has 0 aliphatic heterocycles. The van der Waals surface area contributed by atoms with Crippen LogP contribution in [0.4, 0.5) is 5.95 Å². The maximum Gasteiger partial charge on any atom is 0.264 e. The Morgan fingerprint density at radius 2 is 1.96 bits per heavy atom. The fraction of sp³-hybridized carbons (Fsp3) is 0.300. The molecule has 3 aromatic rings. The van der Waals surface area contributed by atoms with Crippen molar-refractivity contribution in [2.75, 3.05) is 25.1 Å². The molecule has 142 valence electrons. The van der Waals surface area contributed by atoms with Crippen molar-refractivity contribution < 1.29 is 14.3 Å². The SMILES string of the molecule is CCOCCCn1c(NC(=O)COc2ccc(Cl)cc2)nc2ccccc21. The molecule has 1 heterocycles. The Kier molecular flexibility index (Phi) is 6.68. The summed E-state index contributed by atoms with van der Waals surface area (Å²) in [6, 6.07) is 14.7. The fourth-order valence-electron chi connectivity index (χ4n) is 2.71. The molecule has 0 radical (unpaired) electrons. The second-order valence-corrected chi connectivity index (χ2v) is 6.35. The first-order chi connectivity index (χ1) is 13.2. The second-order valence-electron chi connectivity index (χ2n) is 5.92. The van der Waals surface area contributed by atoms with E-state index in [1.165, 1.54) is 0 Å². The normalized spacial score (nSPS) is 10.9. The minimum atomic E-state index is -0.272. The average Bonchev–Trinajstić information content (AvgIpc) is 3.02. The molecule has 0 fully saturated rings. The largest absolute Gasteiger partial charge is 0.484 e. The van der Waals surface area contributed by atoms with E-state index >= 15 is 0 Å². The van der Waals surface area contributed by atoms with Crippen molar-refractivity contribution in [3.63, 3.8) is 0 Å². The number of nitrogens with zero attached hydrogens (tertiary/aromatic N) is 2. The lowest BCUT2D eigenvalue weighted by Gasteiger charge is -2.11. The number of amides is 1. The molecule has 0 atom stereocenters. The van der Waals surface area contributed by atoms with Gasteiger partial charge in [-0.15, -0.1) is 0 Å². The van der Waals surface area contributed by atoms with E-state index in [9.17, 15) is 4.79 Å². The molecule has 0 saturated heterocycles. The number of benzene rings is 2. The zero-order valence-electron chi connectivity index (χ0n) is 15.2. The van der Waals surface area contributed by atoms with Crippen molar-refractivity contribution in [2.45, 2.75) is 19.9 Å². The van der Waals surface area contributed by atoms with Gasteiger partial charge in [0.1, 0.15) is 5.75 Å². The first-order valence-electron chi connectivity index (χ1n) is 8.88. The third kappa shape index (κ3) is 5.21. The van der Waals surface area contributed by atoms with Crippen LogP contribution in [0.25, 0.3) is 11.0 Å². The number of anilines is 1. The van der Waals surface area contributed by atoms with E-state index in [0.29, 0.717) is 36.5 Å². The molecule has 2 aromatic carbocycles. The first-order valence-corrected chi connectivity index (χ1v) is 9.26. The molecular weight excluding hydrogens is 366 g/mol. The van der Waals surface area contributed by atoms with Gasteiger partial charge in [0.05, 0.1) is 11.0 Å². The molecule has 0 bridgehead atoms. The standard InChI is InChI=1S/C20H22ClN3O3/c1-2-26-13-5-12-24-18-7-4-3-6-17(18)22-20(24)23-19(25)14-27-16-10-8-15(21)9-11-16/h3-4,6-11H,2,5,12-14H2,1H3,(H,22,23,25). The Bertz CT molecular complexity index is 893. The summed E-state index contributed by atoms with van der Waals surface area (Å²) < 4.78 is 12.9. The number of fused-ring (bicyclic) bond motifs is 1. The minimum absolute atomic E-state index is 0.107. The summed E-state index contributed by atoms with van der Waals surface area (Å²) in [6.45, 7) is 3.92. The quantitative estimate of drug-likeness (QED) is 0.560. The smallest absolute Gasteiger partial charge is 0.264 e. The van der Waals surface area contributed by atoms with Gasteiger partial charge in [0, 0.05) is 24.8 Å². The number of nitrogens with one attached hydrogen (secondary N) is 1. The second kappa shape index (κ2) is 9.39. The van der Waals surface area contributed by atoms with Crippen LogP contribution in [-0.4, -0.2) is 35.3 Å². The number of hydrogen-bond donors (Lipinski definition) is 1. The average molecular weight is 388 g/mol. The number of ether oxygens (including phenoxy) is 2. The van der Waals surface area contributed by atoms with Gasteiger partial charge in [-0.3, -0.25) is 10.1 Å². The summed E-state index contributed by atoms with van der Waals surface area (Å²) in [6.07, 6.45) is 0.832. The lowest BCUT2D eigenvalue weighted by Crippen LogP contribution is -2.22. The van der Waals surface area contributed by atoms with Gasteiger partial charge >= 0.3 is 0 Å². The predicted octanol–water partition coefficient (Wildman–Crippen LogP) is 4.13. The van der Waals surface area contributed by atoms with Crippen LogP contribution in [-0.2, 0) is 16.1 Å². The van der Waals surface area contributed by atoms with E-state index in [4.69, 9.17) is 21.1 Å². The molecule has 0 unspecified atom stereocenters. The Morgan fingerprint density at radius 1 is 1.19 bits per heavy atom. The molecule has 1 N–H and O–H groups in total. The maximum absolute atomic E-state index is 12.3. The van der Waals surface area contributed by atoms with Crippen LogP contribution in [0.15, 0.2) is 48.5 Å². The number of hydrogen-bond acceptors (Lipinski definition) is 4. The molecule has 27 heavy (non-hydrogen) atoms. The van der Waals surface area contributed by atoms with Gasteiger partial charge in [0.2, 0.25) is 5.95 Å². The van der Waals surface area contributed by atoms with E-state index in [0.717, 1.165) is 17.5 Å². The van der Waals surface area contributed by atoms with E-state index in [2.05, 4.69) is 10.3 Å². The van der Waals surface area contributed by atoms with Gasteiger partial charge in [0.25, 0.3) is 5.91 Å². The van der Waals surface area contributed by atoms with E-state index in [1.54, 1.807) is 24.3 Å². The third-order valence-corrected chi connectivity index (χ3v) is 4.22. The number of aromatic nitrogens is 2. The molecule has 1 amide bonds. The highest BCUT2D eigenvalue weighted by atomic mass is 35.5. The molecule has 3 rings (SSSR count). The Hall–Kier alpha value is -2.57. The summed E-state index contributed by atoms with van der Waals surface area (Å²) in [5.41, 5.74) is 1.81. The topological polar surface area (TPSA) is 65.4 Å². The van der Waals surface area contributed by atoms with E-state index in [-0.39, 0.29) is 12.5 Å². The van der Waals surface area contributed by atoms with Gasteiger partial charge in [0.15, 0.2) is 6.61 Å². The monoisotopic (exact) mass is 387 g/mol. The molecule has 1 aromatic heterocycles. The zero-order valence-corrected chi connectivity index (χ0v) is 15.9. The van der Waals surface area contributed by atoms with E-state index < -0.39 is 0 Å². The number of rotatable bonds is 9. The highest BCUT2D eigenvalue weighted by molar-refractivity contribution is 6.30. The Morgan fingerprint density at radius 3 is 2.74 bits per heavy atom. The Labute approximate surface area is 163 Å². The molecule has 0 aliphatic carbocycles. The molecule has 0 spiro atoms. The van der Waals surface area contributed by atoms with Crippen LogP contribution < -0.4 is 10.1 Å². The summed E-state index contributed by atoms with van der Waals surface area (Å²) in [4.78, 5) is 16.9. The van der Waals surface area contributed by atoms with Crippen molar-refractivity contribution in [1.29, 1.82) is 0 Å². The van der Waals surface area contributed by atoms with Crippen molar-refractivity contribution in [3.8, 4) is 5.75 Å². The number of halogens is 1. The number of imidazole rings is 1. The van der Waals surface area contributed by atoms with Crippen molar-refractivity contribution in [2.24, 2.45) is 0 Å². The van der Waals surface area contributed by atoms with Crippen molar-refractivity contribution in [3.05, 3.63) is 53.6 Å². The number of aryl methyl sites for hydroxylation is 1. The highest BCUT2D eigenvalue weighted by Gasteiger charge is 2.13. The predicted molar refractivity (Wildman–Crippen MR) is 106 cm³/mol. The summed E-state index contributed by atoms with van der Waals surface area (Å²) >= 11 is 5.84. The van der Waals surface area contributed by atoms with Gasteiger partial charge in [-0.25, -0.2) is 4.98 Å². The minimum Gasteiger partial charge on any atom is -0.484 e. The van der Waals surface area contributed by atoms with Gasteiger partial charge in [-0.1, -0.05) is 23.7 Å². The summed E-state index contributed by atoms with van der Waals surface area (Å²) in [7, 11) is 0. The maximum atomic E-state index is 12.3. The molecular formula is C20H22ClN3O3. The van der Waals surface area contributed by atoms with Crippen LogP contribution in [0, 0.1) is 0 Å². The lowest BCUT2D eigenvalue weighted by atomic mass is 10.3. The van der Waals surface area contributed by atoms with Crippen molar-refractivity contribution >= 4 is 34.5 Å². The Balaban J connectivity index is 1.67. The van der Waals surface area contributed by atoms with Gasteiger partial charge in [-0.05, 0) is 49.7 Å². The molecule has 6 nitrogen and oxygen atoms in total. The fourth-order valence-corrected chi connectivity index (χ4v) is 2.83. The van der Waals surface area contributed by atoms with Crippen LogP contribution in [0.3, 0.4) is 0 Å². The highest BCUT2D eigenvalue weighted by Crippen LogP contribution is 2.20. The number of para-hydroxylation sites is 2. The first kappa shape index (κ1) is 19.2. The van der Waals surface area contributed by atoms with Gasteiger partial charge < -0.3 is 14.0 Å². The zero-order chi connectivity index (χ0) is 19.1. The van der Waals surface area contributed by atoms with Gasteiger partial charge in [-0.2, -0.15) is 0 Å². The van der Waals surface area contributed by atoms with E-state index in [1.807, 2.05) is 35.8 Å². The molecule has 0 aliphatic rings. The third-order valence-electron chi connectivity index (χ3n) is 3.96. The molecule has 7 heteroatoms. The molecule has 0 saturated carbocycles. The number of carbonyl (C=O) groups excluding carboxylic acids is 1. The lowest BCUT2D eigenvalue weighted by molar-refractivity contribution is -0.118. The van der Waals surface area contributed by atoms with Crippen molar-refractivity contribution in [1.82, 2.24) is 9.55 Å². The van der Waals surface area contributed by atoms with Crippen LogP contribution >= 0.6 is 11.6 Å². The van der Waals surface area contributed by atoms with Crippen LogP contribution in [0.2, 0.25) is 5.02 Å². The summed E-state index contributed by atoms with van der Waals surface area (Å²) in [5, 5.41) is 3.46. The number of carbonyl (C=O) groups is 1. The van der Waals surface area contributed by atoms with Crippen LogP contribution in [0.1, 0.15) is 13.3 Å². The summed E-state index contributed by atoms with van der Waals surface area (Å²) in [5.74, 6) is 0.823. The van der Waals surface area contributed by atoms with Crippen LogP contribution in [0.5, 0.6) is 5.75 Å².